The molecule has 2 fully saturated rings. The Morgan fingerprint density at radius 1 is 0.850 bits per heavy atom. The number of rotatable bonds is 8. The highest BCUT2D eigenvalue weighted by Crippen LogP contribution is 2.17. The Balaban J connectivity index is 1.05. The molecule has 0 spiro atoms. The molecule has 2 amide bonds. The molecule has 2 aliphatic rings. The molecule has 0 aliphatic carbocycles. The van der Waals surface area contributed by atoms with E-state index in [1.807, 2.05) is 12.1 Å². The molecular formula is C31H36FN5O3. The van der Waals surface area contributed by atoms with Crippen LogP contribution < -0.4 is 10.1 Å². The summed E-state index contributed by atoms with van der Waals surface area (Å²) in [5.74, 6) is 0.333. The zero-order valence-electron chi connectivity index (χ0n) is 22.9. The Kier molecular flexibility index (Phi) is 9.03. The Morgan fingerprint density at radius 3 is 2.02 bits per heavy atom. The quantitative estimate of drug-likeness (QED) is 0.466. The number of benzene rings is 2. The number of methoxy groups -OCH3 is 1. The molecule has 210 valence electrons. The lowest BCUT2D eigenvalue weighted by Crippen LogP contribution is -2.48. The highest BCUT2D eigenvalue weighted by Gasteiger charge is 2.24. The first-order valence-electron chi connectivity index (χ1n) is 13.8. The van der Waals surface area contributed by atoms with Crippen LogP contribution in [0.4, 0.5) is 4.39 Å². The van der Waals surface area contributed by atoms with Gasteiger partial charge in [0.1, 0.15) is 17.3 Å². The third-order valence-electron chi connectivity index (χ3n) is 7.71. The fourth-order valence-corrected chi connectivity index (χ4v) is 5.27. The molecule has 0 bridgehead atoms. The van der Waals surface area contributed by atoms with E-state index in [4.69, 9.17) is 4.74 Å². The minimum atomic E-state index is -0.239. The largest absolute Gasteiger partial charge is 0.497 e. The van der Waals surface area contributed by atoms with Crippen molar-refractivity contribution in [3.8, 4) is 5.75 Å². The summed E-state index contributed by atoms with van der Waals surface area (Å²) in [5.41, 5.74) is 3.10. The standard InChI is InChI=1S/C31H36FN5O3/c1-40-28-9-4-24(5-10-28)21-35-14-12-27(13-15-35)34-30(38)25-6-11-29(33-20-25)31(39)37-18-16-36(17-19-37)22-23-2-7-26(32)8-3-23/h2-11,20,27H,12-19,21-22H2,1H3,(H,34,38). The number of nitrogens with zero attached hydrogens (tertiary/aromatic N) is 4. The van der Waals surface area contributed by atoms with Crippen molar-refractivity contribution in [1.82, 2.24) is 25.0 Å². The van der Waals surface area contributed by atoms with Gasteiger partial charge in [-0.2, -0.15) is 0 Å². The first kappa shape index (κ1) is 27.7. The smallest absolute Gasteiger partial charge is 0.272 e. The summed E-state index contributed by atoms with van der Waals surface area (Å²) < 4.78 is 18.4. The van der Waals surface area contributed by atoms with Crippen LogP contribution in [0.3, 0.4) is 0 Å². The molecule has 3 aromatic rings. The number of ether oxygens (including phenoxy) is 1. The average molecular weight is 546 g/mol. The van der Waals surface area contributed by atoms with E-state index in [0.717, 1.165) is 63.4 Å². The van der Waals surface area contributed by atoms with Gasteiger partial charge >= 0.3 is 0 Å². The molecule has 0 unspecified atom stereocenters. The Bertz CT molecular complexity index is 1270. The van der Waals surface area contributed by atoms with E-state index in [-0.39, 0.29) is 23.7 Å². The third kappa shape index (κ3) is 7.22. The number of piperazine rings is 1. The summed E-state index contributed by atoms with van der Waals surface area (Å²) in [6, 6.07) is 18.1. The van der Waals surface area contributed by atoms with E-state index in [1.165, 1.54) is 23.9 Å². The average Bonchev–Trinajstić information content (AvgIpc) is 3.00. The van der Waals surface area contributed by atoms with Crippen molar-refractivity contribution in [1.29, 1.82) is 0 Å². The Hall–Kier alpha value is -3.82. The lowest BCUT2D eigenvalue weighted by molar-refractivity contribution is 0.0622. The lowest BCUT2D eigenvalue weighted by atomic mass is 10.0. The van der Waals surface area contributed by atoms with Crippen LogP contribution in [0.2, 0.25) is 0 Å². The molecule has 2 aromatic carbocycles. The van der Waals surface area contributed by atoms with Crippen molar-refractivity contribution in [2.75, 3.05) is 46.4 Å². The SMILES string of the molecule is COc1ccc(CN2CCC(NC(=O)c3ccc(C(=O)N4CCN(Cc5ccc(F)cc5)CC4)nc3)CC2)cc1. The van der Waals surface area contributed by atoms with Crippen LogP contribution in [-0.2, 0) is 13.1 Å². The van der Waals surface area contributed by atoms with Crippen molar-refractivity contribution in [3.05, 3.63) is 95.1 Å². The number of amides is 2. The van der Waals surface area contributed by atoms with E-state index in [2.05, 4.69) is 32.2 Å². The van der Waals surface area contributed by atoms with Gasteiger partial charge in [-0.25, -0.2) is 4.39 Å². The Morgan fingerprint density at radius 2 is 1.45 bits per heavy atom. The van der Waals surface area contributed by atoms with Gasteiger partial charge < -0.3 is 15.0 Å². The van der Waals surface area contributed by atoms with E-state index >= 15 is 0 Å². The summed E-state index contributed by atoms with van der Waals surface area (Å²) >= 11 is 0. The molecule has 1 aromatic heterocycles. The molecule has 2 aliphatic heterocycles. The molecule has 5 rings (SSSR count). The number of piperidine rings is 1. The van der Waals surface area contributed by atoms with Crippen molar-refractivity contribution in [2.24, 2.45) is 0 Å². The maximum Gasteiger partial charge on any atom is 0.272 e. The summed E-state index contributed by atoms with van der Waals surface area (Å²) in [7, 11) is 1.67. The molecular weight excluding hydrogens is 509 g/mol. The minimum Gasteiger partial charge on any atom is -0.497 e. The number of carbonyl (C=O) groups excluding carboxylic acids is 2. The van der Waals surface area contributed by atoms with Gasteiger partial charge in [-0.05, 0) is 60.4 Å². The van der Waals surface area contributed by atoms with Crippen molar-refractivity contribution < 1.29 is 18.7 Å². The number of hydrogen-bond donors (Lipinski definition) is 1. The first-order valence-corrected chi connectivity index (χ1v) is 13.8. The van der Waals surface area contributed by atoms with Gasteiger partial charge in [-0.15, -0.1) is 0 Å². The van der Waals surface area contributed by atoms with Gasteiger partial charge in [0.05, 0.1) is 12.7 Å². The zero-order chi connectivity index (χ0) is 27.9. The van der Waals surface area contributed by atoms with Crippen LogP contribution in [0.1, 0.15) is 44.8 Å². The molecule has 3 heterocycles. The number of hydrogen-bond acceptors (Lipinski definition) is 6. The number of likely N-dealkylation sites (tertiary alicyclic amines) is 1. The van der Waals surface area contributed by atoms with Gasteiger partial charge in [0.15, 0.2) is 0 Å². The lowest BCUT2D eigenvalue weighted by Gasteiger charge is -2.34. The van der Waals surface area contributed by atoms with Crippen molar-refractivity contribution >= 4 is 11.8 Å². The predicted octanol–water partition coefficient (Wildman–Crippen LogP) is 3.58. The van der Waals surface area contributed by atoms with Crippen LogP contribution in [0.15, 0.2) is 66.9 Å². The second kappa shape index (κ2) is 13.0. The van der Waals surface area contributed by atoms with Crippen molar-refractivity contribution in [3.63, 3.8) is 0 Å². The minimum absolute atomic E-state index is 0.118. The molecule has 40 heavy (non-hydrogen) atoms. The normalized spacial score (nSPS) is 17.0. The second-order valence-corrected chi connectivity index (χ2v) is 10.5. The van der Waals surface area contributed by atoms with Crippen LogP contribution >= 0.6 is 0 Å². The van der Waals surface area contributed by atoms with E-state index < -0.39 is 0 Å². The number of pyridine rings is 1. The number of halogens is 1. The van der Waals surface area contributed by atoms with E-state index in [1.54, 1.807) is 36.3 Å². The van der Waals surface area contributed by atoms with Gasteiger partial charge in [0.25, 0.3) is 11.8 Å². The monoisotopic (exact) mass is 545 g/mol. The van der Waals surface area contributed by atoms with Gasteiger partial charge in [0, 0.05) is 64.6 Å². The Labute approximate surface area is 234 Å². The van der Waals surface area contributed by atoms with Gasteiger partial charge in [-0.1, -0.05) is 24.3 Å². The van der Waals surface area contributed by atoms with E-state index in [9.17, 15) is 14.0 Å². The topological polar surface area (TPSA) is 78.0 Å². The fraction of sp³-hybridized carbons (Fsp3) is 0.387. The molecule has 8 nitrogen and oxygen atoms in total. The van der Waals surface area contributed by atoms with Crippen LogP contribution in [-0.4, -0.2) is 83.9 Å². The maximum absolute atomic E-state index is 13.1. The van der Waals surface area contributed by atoms with Crippen LogP contribution in [0, 0.1) is 5.82 Å². The summed E-state index contributed by atoms with van der Waals surface area (Å²) in [4.78, 5) is 36.6. The highest BCUT2D eigenvalue weighted by atomic mass is 19.1. The molecule has 2 saturated heterocycles. The van der Waals surface area contributed by atoms with Gasteiger partial charge in [-0.3, -0.25) is 24.4 Å². The number of carbonyl (C=O) groups is 2. The molecule has 1 N–H and O–H groups in total. The molecule has 0 radical (unpaired) electrons. The predicted molar refractivity (Wildman–Crippen MR) is 151 cm³/mol. The third-order valence-corrected chi connectivity index (χ3v) is 7.71. The molecule has 0 saturated carbocycles. The van der Waals surface area contributed by atoms with Crippen LogP contribution in [0.5, 0.6) is 5.75 Å². The van der Waals surface area contributed by atoms with E-state index in [0.29, 0.717) is 24.3 Å². The first-order chi connectivity index (χ1) is 19.5. The summed E-state index contributed by atoms with van der Waals surface area (Å²) in [6.45, 7) is 6.12. The summed E-state index contributed by atoms with van der Waals surface area (Å²) in [5, 5.41) is 3.13. The maximum atomic E-state index is 13.1. The number of aromatic nitrogens is 1. The molecule has 9 heteroatoms. The summed E-state index contributed by atoms with van der Waals surface area (Å²) in [6.07, 6.45) is 3.27. The zero-order valence-corrected chi connectivity index (χ0v) is 22.9. The van der Waals surface area contributed by atoms with Gasteiger partial charge in [0.2, 0.25) is 0 Å². The van der Waals surface area contributed by atoms with Crippen LogP contribution in [0.25, 0.3) is 0 Å². The van der Waals surface area contributed by atoms with Crippen molar-refractivity contribution in [2.45, 2.75) is 32.0 Å². The highest BCUT2D eigenvalue weighted by molar-refractivity contribution is 5.96. The molecule has 0 atom stereocenters. The fourth-order valence-electron chi connectivity index (χ4n) is 5.27. The number of nitrogens with one attached hydrogen (secondary N) is 1. The second-order valence-electron chi connectivity index (χ2n) is 10.5.